The summed E-state index contributed by atoms with van der Waals surface area (Å²) >= 11 is 0. The van der Waals surface area contributed by atoms with Gasteiger partial charge in [0.1, 0.15) is 11.0 Å². The van der Waals surface area contributed by atoms with Crippen LogP contribution in [0.4, 0.5) is 0 Å². The summed E-state index contributed by atoms with van der Waals surface area (Å²) in [7, 11) is 0. The topological polar surface area (TPSA) is 47.8 Å². The molecule has 4 heteroatoms. The predicted octanol–water partition coefficient (Wildman–Crippen LogP) is 9.46. The second kappa shape index (κ2) is 11.9. The van der Waals surface area contributed by atoms with Crippen LogP contribution in [-0.4, -0.2) is 20.8 Å². The molecule has 0 unspecified atom stereocenters. The molecule has 0 amide bonds. The van der Waals surface area contributed by atoms with Gasteiger partial charge in [-0.2, -0.15) is 15.0 Å². The minimum Gasteiger partial charge on any atom is -0.295 e. The van der Waals surface area contributed by atoms with Crippen LogP contribution in [0.2, 0.25) is 0 Å². The number of Topliss-reactive ketones (excluding diaryl/α,β-unsaturated/α-hetero) is 1. The Morgan fingerprint density at radius 3 is 1.50 bits per heavy atom. The molecule has 0 saturated carbocycles. The van der Waals surface area contributed by atoms with E-state index in [0.717, 1.165) is 65.5 Å². The van der Waals surface area contributed by atoms with Crippen molar-refractivity contribution >= 4 is 16.8 Å². The summed E-state index contributed by atoms with van der Waals surface area (Å²) in [4.78, 5) is 13.7. The van der Waals surface area contributed by atoms with E-state index in [9.17, 15) is 4.79 Å². The van der Waals surface area contributed by atoms with Gasteiger partial charge in [-0.1, -0.05) is 122 Å². The normalized spacial score (nSPS) is 12.2. The molecule has 0 radical (unpaired) electrons. The zero-order valence-electron chi connectivity index (χ0n) is 25.5. The Morgan fingerprint density at radius 1 is 0.675 bits per heavy atom. The Bertz CT molecular complexity index is 1380. The highest BCUT2D eigenvalue weighted by atomic mass is 16.1. The molecule has 1 heterocycles. The fourth-order valence-corrected chi connectivity index (χ4v) is 5.01. The first-order valence-electron chi connectivity index (χ1n) is 14.6. The molecule has 0 bridgehead atoms. The van der Waals surface area contributed by atoms with Crippen LogP contribution in [-0.2, 0) is 22.2 Å². The van der Waals surface area contributed by atoms with E-state index < -0.39 is 0 Å². The van der Waals surface area contributed by atoms with E-state index in [0.29, 0.717) is 12.0 Å². The number of rotatable bonds is 10. The highest BCUT2D eigenvalue weighted by Gasteiger charge is 2.18. The summed E-state index contributed by atoms with van der Waals surface area (Å²) < 4.78 is 0. The molecule has 3 aromatic carbocycles. The van der Waals surface area contributed by atoms with E-state index >= 15 is 0 Å². The van der Waals surface area contributed by atoms with Gasteiger partial charge in [0.15, 0.2) is 5.78 Å². The fourth-order valence-electron chi connectivity index (χ4n) is 5.01. The zero-order chi connectivity index (χ0) is 29.1. The molecule has 1 aromatic heterocycles. The lowest BCUT2D eigenvalue weighted by Crippen LogP contribution is -2.10. The highest BCUT2D eigenvalue weighted by molar-refractivity contribution is 6.00. The number of benzene rings is 3. The molecule has 0 N–H and O–H groups in total. The zero-order valence-corrected chi connectivity index (χ0v) is 25.5. The highest BCUT2D eigenvalue weighted by Crippen LogP contribution is 2.35. The van der Waals surface area contributed by atoms with Gasteiger partial charge in [0, 0.05) is 17.5 Å². The quantitative estimate of drug-likeness (QED) is 0.150. The number of nitrogens with zero attached hydrogens (tertiary/aromatic N) is 3. The molecule has 0 spiro atoms. The molecule has 0 fully saturated rings. The minimum absolute atomic E-state index is 0.109. The molecule has 4 aromatic rings. The van der Waals surface area contributed by atoms with Gasteiger partial charge in [-0.05, 0) is 58.4 Å². The molecule has 0 aliphatic heterocycles. The molecule has 0 aliphatic carbocycles. The van der Waals surface area contributed by atoms with Crippen molar-refractivity contribution in [3.63, 3.8) is 0 Å². The van der Waals surface area contributed by atoms with E-state index in [1.807, 2.05) is 4.80 Å². The van der Waals surface area contributed by atoms with Crippen molar-refractivity contribution in [2.75, 3.05) is 0 Å². The van der Waals surface area contributed by atoms with Crippen molar-refractivity contribution in [2.24, 2.45) is 0 Å². The largest absolute Gasteiger partial charge is 0.295 e. The van der Waals surface area contributed by atoms with Crippen LogP contribution in [0.25, 0.3) is 33.3 Å². The van der Waals surface area contributed by atoms with Crippen molar-refractivity contribution in [1.82, 2.24) is 15.0 Å². The van der Waals surface area contributed by atoms with E-state index in [2.05, 4.69) is 109 Å². The number of aromatic nitrogens is 3. The fraction of sp³-hybridized carbons (Fsp3) is 0.417. The van der Waals surface area contributed by atoms with Gasteiger partial charge in [-0.3, -0.25) is 4.79 Å². The molecule has 0 aliphatic rings. The van der Waals surface area contributed by atoms with Crippen molar-refractivity contribution in [2.45, 2.75) is 97.9 Å². The second-order valence-corrected chi connectivity index (χ2v) is 13.2. The maximum absolute atomic E-state index is 11.8. The number of hydrogen-bond donors (Lipinski definition) is 0. The molecular formula is C36H45N3O. The number of carbonyl (C=O) groups is 1. The van der Waals surface area contributed by atoms with Gasteiger partial charge < -0.3 is 0 Å². The Labute approximate surface area is 240 Å². The third-order valence-corrected chi connectivity index (χ3v) is 7.69. The third kappa shape index (κ3) is 6.96. The van der Waals surface area contributed by atoms with Gasteiger partial charge in [-0.25, -0.2) is 0 Å². The van der Waals surface area contributed by atoms with Crippen LogP contribution < -0.4 is 0 Å². The smallest absolute Gasteiger partial charge is 0.157 e. The summed E-state index contributed by atoms with van der Waals surface area (Å²) in [5.41, 5.74) is 9.90. The van der Waals surface area contributed by atoms with E-state index in [1.165, 1.54) is 11.1 Å². The van der Waals surface area contributed by atoms with Gasteiger partial charge >= 0.3 is 0 Å². The van der Waals surface area contributed by atoms with Crippen molar-refractivity contribution in [3.8, 4) is 22.3 Å². The maximum atomic E-state index is 11.8. The summed E-state index contributed by atoms with van der Waals surface area (Å²) in [6, 6.07) is 22.1. The molecule has 4 nitrogen and oxygen atoms in total. The Kier molecular flexibility index (Phi) is 8.77. The third-order valence-electron chi connectivity index (χ3n) is 7.69. The average molecular weight is 536 g/mol. The number of carbonyl (C=O) groups excluding carboxylic acids is 1. The van der Waals surface area contributed by atoms with Crippen LogP contribution >= 0.6 is 0 Å². The molecule has 40 heavy (non-hydrogen) atoms. The van der Waals surface area contributed by atoms with Gasteiger partial charge in [-0.15, -0.1) is 0 Å². The Hall–Kier alpha value is -3.53. The maximum Gasteiger partial charge on any atom is 0.157 e. The van der Waals surface area contributed by atoms with Gasteiger partial charge in [0.2, 0.25) is 0 Å². The summed E-state index contributed by atoms with van der Waals surface area (Å²) in [5, 5.41) is 10.0. The van der Waals surface area contributed by atoms with Crippen LogP contribution in [0.5, 0.6) is 0 Å². The number of ketones is 1. The SMILES string of the molecule is C=C(C)C(=O)CCCCCCn1nc2c(-c3ccc(C(C)(C)C)cc3)ccc(-c3ccc(C(C)(C)C)cc3)c2n1. The Balaban J connectivity index is 1.63. The van der Waals surface area contributed by atoms with E-state index in [1.54, 1.807) is 6.92 Å². The predicted molar refractivity (Wildman–Crippen MR) is 169 cm³/mol. The van der Waals surface area contributed by atoms with Crippen LogP contribution in [0.1, 0.15) is 91.7 Å². The average Bonchev–Trinajstić information content (AvgIpc) is 3.33. The lowest BCUT2D eigenvalue weighted by Gasteiger charge is -2.19. The lowest BCUT2D eigenvalue weighted by atomic mass is 9.85. The number of allylic oxidation sites excluding steroid dienone is 1. The van der Waals surface area contributed by atoms with Crippen molar-refractivity contribution in [3.05, 3.63) is 83.9 Å². The van der Waals surface area contributed by atoms with Crippen LogP contribution in [0.15, 0.2) is 72.8 Å². The summed E-state index contributed by atoms with van der Waals surface area (Å²) in [5.74, 6) is 0.172. The molecule has 4 rings (SSSR count). The summed E-state index contributed by atoms with van der Waals surface area (Å²) in [6.07, 6.45) is 4.55. The second-order valence-electron chi connectivity index (χ2n) is 13.2. The molecule has 0 atom stereocenters. The monoisotopic (exact) mass is 535 g/mol. The van der Waals surface area contributed by atoms with Crippen molar-refractivity contribution in [1.29, 1.82) is 0 Å². The minimum atomic E-state index is 0.109. The molecular weight excluding hydrogens is 490 g/mol. The number of hydrogen-bond acceptors (Lipinski definition) is 3. The van der Waals surface area contributed by atoms with Crippen molar-refractivity contribution < 1.29 is 4.79 Å². The summed E-state index contributed by atoms with van der Waals surface area (Å²) in [6.45, 7) is 19.7. The van der Waals surface area contributed by atoms with Gasteiger partial charge in [0.05, 0.1) is 6.54 Å². The van der Waals surface area contributed by atoms with Crippen LogP contribution in [0, 0.1) is 0 Å². The number of unbranched alkanes of at least 4 members (excludes halogenated alkanes) is 3. The number of aryl methyl sites for hydroxylation is 1. The number of fused-ring (bicyclic) bond motifs is 1. The van der Waals surface area contributed by atoms with E-state index in [4.69, 9.17) is 10.2 Å². The van der Waals surface area contributed by atoms with Crippen LogP contribution in [0.3, 0.4) is 0 Å². The first kappa shape index (κ1) is 29.5. The Morgan fingerprint density at radius 2 is 1.10 bits per heavy atom. The standard InChI is InChI=1S/C36H45N3O/c1-25(2)32(40)13-11-9-10-12-24-39-37-33-30(26-14-18-28(19-15-26)35(3,4)5)22-23-31(34(33)38-39)27-16-20-29(21-17-27)36(6,7)8/h14-23H,1,9-13,24H2,2-8H3. The molecule has 0 saturated heterocycles. The molecule has 210 valence electrons. The first-order valence-corrected chi connectivity index (χ1v) is 14.6. The lowest BCUT2D eigenvalue weighted by molar-refractivity contribution is -0.115. The van der Waals surface area contributed by atoms with Gasteiger partial charge in [0.25, 0.3) is 0 Å². The van der Waals surface area contributed by atoms with E-state index in [-0.39, 0.29) is 16.6 Å². The first-order chi connectivity index (χ1) is 18.8.